The number of rotatable bonds is 5. The van der Waals surface area contributed by atoms with Gasteiger partial charge < -0.3 is 18.6 Å². The van der Waals surface area contributed by atoms with Crippen LogP contribution in [0.5, 0.6) is 5.75 Å². The predicted molar refractivity (Wildman–Crippen MR) is 98.5 cm³/mol. The van der Waals surface area contributed by atoms with Crippen molar-refractivity contribution in [1.82, 2.24) is 0 Å². The molecule has 1 atom stereocenters. The van der Waals surface area contributed by atoms with Gasteiger partial charge >= 0.3 is 5.97 Å². The number of hydrogen-bond donors (Lipinski definition) is 0. The molecule has 0 bridgehead atoms. The topological polar surface area (TPSA) is 57.9 Å². The van der Waals surface area contributed by atoms with E-state index in [4.69, 9.17) is 18.6 Å². The molecule has 142 valence electrons. The Kier molecular flexibility index (Phi) is 5.21. The van der Waals surface area contributed by atoms with E-state index in [0.29, 0.717) is 22.6 Å². The number of esters is 1. The summed E-state index contributed by atoms with van der Waals surface area (Å²) in [5.41, 5.74) is 1.87. The number of furan rings is 1. The van der Waals surface area contributed by atoms with Crippen molar-refractivity contribution in [1.29, 1.82) is 0 Å². The third kappa shape index (κ3) is 4.13. The molecule has 0 unspecified atom stereocenters. The molecule has 0 spiro atoms. The van der Waals surface area contributed by atoms with E-state index in [0.717, 1.165) is 5.56 Å². The van der Waals surface area contributed by atoms with Gasteiger partial charge in [0.05, 0.1) is 12.9 Å². The van der Waals surface area contributed by atoms with Gasteiger partial charge in [-0.15, -0.1) is 0 Å². The second kappa shape index (κ2) is 8.10. The zero-order chi connectivity index (χ0) is 19.3. The maximum Gasteiger partial charge on any atom is 0.331 e. The van der Waals surface area contributed by atoms with Crippen molar-refractivity contribution >= 4 is 12.0 Å². The predicted octanol–water partition coefficient (Wildman–Crippen LogP) is 4.78. The summed E-state index contributed by atoms with van der Waals surface area (Å²) in [5, 5.41) is 0. The zero-order valence-corrected chi connectivity index (χ0v) is 14.8. The first kappa shape index (κ1) is 18.0. The van der Waals surface area contributed by atoms with Crippen LogP contribution in [0.4, 0.5) is 4.39 Å². The molecule has 0 saturated carbocycles. The van der Waals surface area contributed by atoms with Gasteiger partial charge in [0.2, 0.25) is 6.29 Å². The fourth-order valence-corrected chi connectivity index (χ4v) is 2.89. The average molecular weight is 380 g/mol. The molecule has 0 saturated heterocycles. The Hall–Kier alpha value is -3.38. The van der Waals surface area contributed by atoms with Crippen LogP contribution in [-0.2, 0) is 27.5 Å². The maximum absolute atomic E-state index is 14.0. The second-order valence-corrected chi connectivity index (χ2v) is 6.18. The molecule has 0 fully saturated rings. The summed E-state index contributed by atoms with van der Waals surface area (Å²) in [6.07, 6.45) is 3.65. The van der Waals surface area contributed by atoms with E-state index in [1.54, 1.807) is 12.1 Å². The summed E-state index contributed by atoms with van der Waals surface area (Å²) in [6, 6.07) is 15.5. The first-order valence-electron chi connectivity index (χ1n) is 8.72. The first-order chi connectivity index (χ1) is 13.7. The van der Waals surface area contributed by atoms with E-state index in [1.807, 2.05) is 30.3 Å². The molecule has 0 aliphatic carbocycles. The van der Waals surface area contributed by atoms with Crippen molar-refractivity contribution < 1.29 is 27.8 Å². The molecule has 28 heavy (non-hydrogen) atoms. The zero-order valence-electron chi connectivity index (χ0n) is 14.8. The molecule has 2 heterocycles. The van der Waals surface area contributed by atoms with Gasteiger partial charge in [-0.25, -0.2) is 9.18 Å². The highest BCUT2D eigenvalue weighted by atomic mass is 19.1. The number of ether oxygens (including phenoxy) is 3. The monoisotopic (exact) mass is 380 g/mol. The number of benzene rings is 2. The van der Waals surface area contributed by atoms with E-state index in [1.165, 1.54) is 30.5 Å². The minimum absolute atomic E-state index is 0.122. The lowest BCUT2D eigenvalue weighted by atomic mass is 10.1. The molecule has 6 heteroatoms. The Labute approximate surface area is 161 Å². The molecule has 1 aliphatic heterocycles. The third-order valence-corrected chi connectivity index (χ3v) is 4.19. The molecule has 0 N–H and O–H groups in total. The van der Waals surface area contributed by atoms with Gasteiger partial charge in [-0.1, -0.05) is 30.3 Å². The highest BCUT2D eigenvalue weighted by molar-refractivity contribution is 5.86. The summed E-state index contributed by atoms with van der Waals surface area (Å²) in [5.74, 6) is -0.00189. The number of halogens is 1. The SMILES string of the molecule is O=C(/C=C/c1ccco1)OCc1cc(F)cc2c1O[C@@H](c1ccccc1)OC2. The van der Waals surface area contributed by atoms with Gasteiger partial charge in [-0.3, -0.25) is 0 Å². The Morgan fingerprint density at radius 1 is 1.18 bits per heavy atom. The van der Waals surface area contributed by atoms with Gasteiger partial charge in [0.25, 0.3) is 0 Å². The lowest BCUT2D eigenvalue weighted by molar-refractivity contribution is -0.139. The molecule has 2 aromatic carbocycles. The van der Waals surface area contributed by atoms with Gasteiger partial charge in [-0.2, -0.15) is 0 Å². The standard InChI is InChI=1S/C22H17FO5/c23-18-11-16(13-26-20(24)9-8-19-7-4-10-25-19)21-17(12-18)14-27-22(28-21)15-5-2-1-3-6-15/h1-12,22H,13-14H2/b9-8+/t22-/m0/s1. The fourth-order valence-electron chi connectivity index (χ4n) is 2.89. The summed E-state index contributed by atoms with van der Waals surface area (Å²) in [7, 11) is 0. The highest BCUT2D eigenvalue weighted by Crippen LogP contribution is 2.36. The minimum atomic E-state index is -0.604. The molecule has 5 nitrogen and oxygen atoms in total. The van der Waals surface area contributed by atoms with Crippen molar-refractivity contribution in [3.63, 3.8) is 0 Å². The average Bonchev–Trinajstić information content (AvgIpc) is 3.24. The second-order valence-electron chi connectivity index (χ2n) is 6.18. The van der Waals surface area contributed by atoms with E-state index in [9.17, 15) is 9.18 Å². The van der Waals surface area contributed by atoms with Gasteiger partial charge in [0.1, 0.15) is 23.9 Å². The third-order valence-electron chi connectivity index (χ3n) is 4.19. The van der Waals surface area contributed by atoms with Gasteiger partial charge in [-0.05, 0) is 30.3 Å². The van der Waals surface area contributed by atoms with Crippen LogP contribution in [0.25, 0.3) is 6.08 Å². The van der Waals surface area contributed by atoms with Crippen molar-refractivity contribution in [2.45, 2.75) is 19.5 Å². The maximum atomic E-state index is 14.0. The molecule has 3 aromatic rings. The van der Waals surface area contributed by atoms with Crippen LogP contribution in [0.1, 0.15) is 28.7 Å². The van der Waals surface area contributed by atoms with Crippen LogP contribution in [0.2, 0.25) is 0 Å². The largest absolute Gasteiger partial charge is 0.465 e. The number of fused-ring (bicyclic) bond motifs is 1. The number of carbonyl (C=O) groups is 1. The smallest absolute Gasteiger partial charge is 0.331 e. The quantitative estimate of drug-likeness (QED) is 0.471. The molecular weight excluding hydrogens is 363 g/mol. The Balaban J connectivity index is 1.49. The highest BCUT2D eigenvalue weighted by Gasteiger charge is 2.25. The number of carbonyl (C=O) groups excluding carboxylic acids is 1. The summed E-state index contributed by atoms with van der Waals surface area (Å²) >= 11 is 0. The summed E-state index contributed by atoms with van der Waals surface area (Å²) in [4.78, 5) is 11.9. The van der Waals surface area contributed by atoms with Crippen LogP contribution in [-0.4, -0.2) is 5.97 Å². The van der Waals surface area contributed by atoms with E-state index < -0.39 is 18.1 Å². The van der Waals surface area contributed by atoms with Gasteiger partial charge in [0, 0.05) is 22.8 Å². The summed E-state index contributed by atoms with van der Waals surface area (Å²) < 4.78 is 35.9. The van der Waals surface area contributed by atoms with E-state index >= 15 is 0 Å². The van der Waals surface area contributed by atoms with E-state index in [-0.39, 0.29) is 13.2 Å². The van der Waals surface area contributed by atoms with Crippen molar-refractivity contribution in [2.75, 3.05) is 0 Å². The molecule has 1 aliphatic rings. The van der Waals surface area contributed by atoms with Crippen molar-refractivity contribution in [3.05, 3.63) is 95.2 Å². The molecular formula is C22H17FO5. The fraction of sp³-hybridized carbons (Fsp3) is 0.136. The lowest BCUT2D eigenvalue weighted by Gasteiger charge is -2.28. The molecule has 0 radical (unpaired) electrons. The first-order valence-corrected chi connectivity index (χ1v) is 8.72. The van der Waals surface area contributed by atoms with Crippen LogP contribution in [0, 0.1) is 5.82 Å². The Bertz CT molecular complexity index is 980. The number of hydrogen-bond acceptors (Lipinski definition) is 5. The molecule has 4 rings (SSSR count). The van der Waals surface area contributed by atoms with Gasteiger partial charge in [0.15, 0.2) is 0 Å². The Morgan fingerprint density at radius 2 is 2.04 bits per heavy atom. The van der Waals surface area contributed by atoms with Crippen LogP contribution in [0.15, 0.2) is 71.4 Å². The normalized spacial score (nSPS) is 15.8. The van der Waals surface area contributed by atoms with Crippen molar-refractivity contribution in [3.8, 4) is 5.75 Å². The van der Waals surface area contributed by atoms with Crippen LogP contribution >= 0.6 is 0 Å². The van der Waals surface area contributed by atoms with Crippen LogP contribution in [0.3, 0.4) is 0 Å². The lowest BCUT2D eigenvalue weighted by Crippen LogP contribution is -2.19. The summed E-state index contributed by atoms with van der Waals surface area (Å²) in [6.45, 7) is 0.0783. The van der Waals surface area contributed by atoms with E-state index in [2.05, 4.69) is 0 Å². The Morgan fingerprint density at radius 3 is 2.82 bits per heavy atom. The molecule has 0 amide bonds. The van der Waals surface area contributed by atoms with Crippen molar-refractivity contribution in [2.24, 2.45) is 0 Å². The molecule has 1 aromatic heterocycles. The van der Waals surface area contributed by atoms with Crippen LogP contribution < -0.4 is 4.74 Å². The minimum Gasteiger partial charge on any atom is -0.465 e.